The number of ether oxygens (including phenoxy) is 1. The average molecular weight is 281 g/mol. The van der Waals surface area contributed by atoms with Crippen LogP contribution in [0, 0.1) is 0 Å². The van der Waals surface area contributed by atoms with Gasteiger partial charge in [-0.15, -0.1) is 0 Å². The van der Waals surface area contributed by atoms with E-state index in [1.165, 1.54) is 0 Å². The number of nitrogens with zero attached hydrogens (tertiary/aromatic N) is 1. The van der Waals surface area contributed by atoms with E-state index in [0.29, 0.717) is 30.0 Å². The zero-order chi connectivity index (χ0) is 14.7. The molecule has 1 aliphatic heterocycles. The standard InChI is InChI=1S/C17H15NO3/c19-16-10-11-18(15-9-5-4-8-14(15)16)17(20)12-21-13-6-2-1-3-7-13/h1-9H,10-12H2. The first-order valence-electron chi connectivity index (χ1n) is 6.86. The summed E-state index contributed by atoms with van der Waals surface area (Å²) in [6.07, 6.45) is 0.355. The first-order valence-corrected chi connectivity index (χ1v) is 6.86. The zero-order valence-corrected chi connectivity index (χ0v) is 11.5. The molecule has 0 bridgehead atoms. The van der Waals surface area contributed by atoms with E-state index in [0.717, 1.165) is 0 Å². The molecule has 0 atom stereocenters. The van der Waals surface area contributed by atoms with Crippen molar-refractivity contribution in [2.45, 2.75) is 6.42 Å². The van der Waals surface area contributed by atoms with Crippen LogP contribution in [0.25, 0.3) is 0 Å². The number of amides is 1. The smallest absolute Gasteiger partial charge is 0.264 e. The number of hydrogen-bond donors (Lipinski definition) is 0. The topological polar surface area (TPSA) is 46.6 Å². The maximum atomic E-state index is 12.3. The third kappa shape index (κ3) is 2.79. The fourth-order valence-corrected chi connectivity index (χ4v) is 2.41. The van der Waals surface area contributed by atoms with E-state index in [-0.39, 0.29) is 18.3 Å². The minimum absolute atomic E-state index is 0.0352. The number of ketones is 1. The van der Waals surface area contributed by atoms with E-state index in [9.17, 15) is 9.59 Å². The molecule has 106 valence electrons. The summed E-state index contributed by atoms with van der Waals surface area (Å²) < 4.78 is 5.49. The Balaban J connectivity index is 1.74. The third-order valence-electron chi connectivity index (χ3n) is 3.46. The molecule has 1 heterocycles. The lowest BCUT2D eigenvalue weighted by atomic mass is 10.0. The van der Waals surface area contributed by atoms with Crippen molar-refractivity contribution in [1.29, 1.82) is 0 Å². The molecule has 21 heavy (non-hydrogen) atoms. The van der Waals surface area contributed by atoms with Gasteiger partial charge in [0.2, 0.25) is 0 Å². The molecule has 0 N–H and O–H groups in total. The molecule has 2 aromatic rings. The van der Waals surface area contributed by atoms with Crippen LogP contribution in [-0.4, -0.2) is 24.8 Å². The molecule has 0 aliphatic carbocycles. The Morgan fingerprint density at radius 1 is 1.05 bits per heavy atom. The maximum Gasteiger partial charge on any atom is 0.264 e. The van der Waals surface area contributed by atoms with Gasteiger partial charge in [-0.05, 0) is 24.3 Å². The summed E-state index contributed by atoms with van der Waals surface area (Å²) in [7, 11) is 0. The maximum absolute atomic E-state index is 12.3. The SMILES string of the molecule is O=C1CCN(C(=O)COc2ccccc2)c2ccccc21. The number of benzene rings is 2. The summed E-state index contributed by atoms with van der Waals surface area (Å²) in [6.45, 7) is 0.374. The van der Waals surface area contributed by atoms with Crippen molar-refractivity contribution < 1.29 is 14.3 Å². The van der Waals surface area contributed by atoms with Crippen LogP contribution in [-0.2, 0) is 4.79 Å². The molecule has 4 heteroatoms. The number of carbonyl (C=O) groups is 2. The number of hydrogen-bond acceptors (Lipinski definition) is 3. The molecule has 0 unspecified atom stereocenters. The van der Waals surface area contributed by atoms with E-state index in [2.05, 4.69) is 0 Å². The Hall–Kier alpha value is -2.62. The fourth-order valence-electron chi connectivity index (χ4n) is 2.41. The number of carbonyl (C=O) groups excluding carboxylic acids is 2. The molecule has 4 nitrogen and oxygen atoms in total. The fraction of sp³-hybridized carbons (Fsp3) is 0.176. The molecule has 2 aromatic carbocycles. The molecule has 1 amide bonds. The van der Waals surface area contributed by atoms with Crippen LogP contribution in [0.2, 0.25) is 0 Å². The Bertz CT molecular complexity index is 667. The van der Waals surface area contributed by atoms with Crippen LogP contribution < -0.4 is 9.64 Å². The Kier molecular flexibility index (Phi) is 3.69. The van der Waals surface area contributed by atoms with Gasteiger partial charge in [0.25, 0.3) is 5.91 Å². The minimum atomic E-state index is -0.140. The van der Waals surface area contributed by atoms with Crippen LogP contribution >= 0.6 is 0 Å². The quantitative estimate of drug-likeness (QED) is 0.869. The Morgan fingerprint density at radius 3 is 2.57 bits per heavy atom. The highest BCUT2D eigenvalue weighted by molar-refractivity contribution is 6.09. The predicted molar refractivity (Wildman–Crippen MR) is 79.7 cm³/mol. The monoisotopic (exact) mass is 281 g/mol. The van der Waals surface area contributed by atoms with E-state index >= 15 is 0 Å². The molecular weight excluding hydrogens is 266 g/mol. The zero-order valence-electron chi connectivity index (χ0n) is 11.5. The molecule has 0 spiro atoms. The summed E-state index contributed by atoms with van der Waals surface area (Å²) in [5, 5.41) is 0. The van der Waals surface area contributed by atoms with Crippen molar-refractivity contribution in [3.8, 4) is 5.75 Å². The van der Waals surface area contributed by atoms with E-state index in [1.807, 2.05) is 30.3 Å². The second-order valence-electron chi connectivity index (χ2n) is 4.84. The van der Waals surface area contributed by atoms with Crippen molar-refractivity contribution in [2.24, 2.45) is 0 Å². The van der Waals surface area contributed by atoms with Gasteiger partial charge in [-0.25, -0.2) is 0 Å². The summed E-state index contributed by atoms with van der Waals surface area (Å²) >= 11 is 0. The molecule has 0 fully saturated rings. The van der Waals surface area contributed by atoms with Gasteiger partial charge in [-0.2, -0.15) is 0 Å². The number of fused-ring (bicyclic) bond motifs is 1. The largest absolute Gasteiger partial charge is 0.484 e. The van der Waals surface area contributed by atoms with E-state index < -0.39 is 0 Å². The minimum Gasteiger partial charge on any atom is -0.484 e. The normalized spacial score (nSPS) is 13.7. The molecule has 3 rings (SSSR count). The van der Waals surface area contributed by atoms with Crippen LogP contribution in [0.5, 0.6) is 5.75 Å². The summed E-state index contributed by atoms with van der Waals surface area (Å²) in [5.41, 5.74) is 1.28. The van der Waals surface area contributed by atoms with Gasteiger partial charge in [-0.3, -0.25) is 9.59 Å². The van der Waals surface area contributed by atoms with Gasteiger partial charge >= 0.3 is 0 Å². The third-order valence-corrected chi connectivity index (χ3v) is 3.46. The van der Waals surface area contributed by atoms with Gasteiger partial charge in [0.1, 0.15) is 5.75 Å². The van der Waals surface area contributed by atoms with Gasteiger partial charge < -0.3 is 9.64 Å². The molecule has 0 aromatic heterocycles. The van der Waals surface area contributed by atoms with Crippen LogP contribution in [0.4, 0.5) is 5.69 Å². The van der Waals surface area contributed by atoms with Crippen molar-refractivity contribution in [2.75, 3.05) is 18.1 Å². The van der Waals surface area contributed by atoms with Gasteiger partial charge in [0.05, 0.1) is 5.69 Å². The second-order valence-corrected chi connectivity index (χ2v) is 4.84. The second kappa shape index (κ2) is 5.79. The number of rotatable bonds is 3. The van der Waals surface area contributed by atoms with Gasteiger partial charge in [-0.1, -0.05) is 30.3 Å². The number of Topliss-reactive ketones (excluding diaryl/α,β-unsaturated/α-hetero) is 1. The summed E-state index contributed by atoms with van der Waals surface area (Å²) in [5.74, 6) is 0.602. The van der Waals surface area contributed by atoms with Gasteiger partial charge in [0.15, 0.2) is 12.4 Å². The highest BCUT2D eigenvalue weighted by Crippen LogP contribution is 2.26. The molecular formula is C17H15NO3. The number of anilines is 1. The number of para-hydroxylation sites is 2. The molecule has 1 aliphatic rings. The molecule has 0 saturated heterocycles. The van der Waals surface area contributed by atoms with E-state index in [4.69, 9.17) is 4.74 Å². The van der Waals surface area contributed by atoms with Crippen molar-refractivity contribution in [1.82, 2.24) is 0 Å². The highest BCUT2D eigenvalue weighted by atomic mass is 16.5. The lowest BCUT2D eigenvalue weighted by Crippen LogP contribution is -2.40. The molecule has 0 saturated carbocycles. The average Bonchev–Trinajstić information content (AvgIpc) is 2.54. The highest BCUT2D eigenvalue weighted by Gasteiger charge is 2.26. The summed E-state index contributed by atoms with van der Waals surface area (Å²) in [6, 6.07) is 16.4. The first-order chi connectivity index (χ1) is 10.3. The van der Waals surface area contributed by atoms with Crippen molar-refractivity contribution >= 4 is 17.4 Å². The molecule has 0 radical (unpaired) electrons. The lowest BCUT2D eigenvalue weighted by molar-refractivity contribution is -0.120. The van der Waals surface area contributed by atoms with Crippen LogP contribution in [0.15, 0.2) is 54.6 Å². The lowest BCUT2D eigenvalue weighted by Gasteiger charge is -2.28. The Labute approximate surface area is 123 Å². The van der Waals surface area contributed by atoms with Crippen LogP contribution in [0.1, 0.15) is 16.8 Å². The first kappa shape index (κ1) is 13.4. The van der Waals surface area contributed by atoms with Crippen LogP contribution in [0.3, 0.4) is 0 Å². The summed E-state index contributed by atoms with van der Waals surface area (Å²) in [4.78, 5) is 25.8. The Morgan fingerprint density at radius 2 is 1.76 bits per heavy atom. The van der Waals surface area contributed by atoms with Crippen molar-refractivity contribution in [3.05, 3.63) is 60.2 Å². The van der Waals surface area contributed by atoms with E-state index in [1.54, 1.807) is 29.2 Å². The predicted octanol–water partition coefficient (Wildman–Crippen LogP) is 2.69. The van der Waals surface area contributed by atoms with Crippen molar-refractivity contribution in [3.63, 3.8) is 0 Å². The van der Waals surface area contributed by atoms with Gasteiger partial charge in [0, 0.05) is 18.5 Å².